The molecule has 1 saturated heterocycles. The number of aromatic amines is 1. The summed E-state index contributed by atoms with van der Waals surface area (Å²) in [7, 11) is 2.15. The Hall–Kier alpha value is -2.84. The van der Waals surface area contributed by atoms with E-state index in [0.717, 1.165) is 54.2 Å². The Kier molecular flexibility index (Phi) is 3.68. The number of likely N-dealkylation sites (N-methyl/N-ethyl adjacent to an activating group) is 1. The van der Waals surface area contributed by atoms with E-state index in [1.54, 1.807) is 0 Å². The third-order valence-corrected chi connectivity index (χ3v) is 4.63. The first kappa shape index (κ1) is 14.7. The maximum Gasteiger partial charge on any atom is 0.137 e. The van der Waals surface area contributed by atoms with Gasteiger partial charge >= 0.3 is 0 Å². The molecule has 120 valence electrons. The number of aromatic nitrogens is 2. The van der Waals surface area contributed by atoms with Crippen molar-refractivity contribution in [1.29, 1.82) is 5.26 Å². The fraction of sp³-hybridized carbons (Fsp3) is 0.263. The molecule has 0 aliphatic carbocycles. The molecule has 3 heterocycles. The van der Waals surface area contributed by atoms with Gasteiger partial charge < -0.3 is 14.8 Å². The van der Waals surface area contributed by atoms with Crippen LogP contribution in [0.5, 0.6) is 0 Å². The van der Waals surface area contributed by atoms with Crippen LogP contribution in [0.2, 0.25) is 0 Å². The lowest BCUT2D eigenvalue weighted by molar-refractivity contribution is 0.312. The van der Waals surface area contributed by atoms with E-state index in [1.807, 2.05) is 30.5 Å². The van der Waals surface area contributed by atoms with E-state index in [1.165, 1.54) is 0 Å². The van der Waals surface area contributed by atoms with E-state index < -0.39 is 0 Å². The van der Waals surface area contributed by atoms with Crippen molar-refractivity contribution < 1.29 is 0 Å². The number of hydrogen-bond acceptors (Lipinski definition) is 4. The van der Waals surface area contributed by atoms with Crippen molar-refractivity contribution in [2.24, 2.45) is 0 Å². The number of hydrogen-bond donors (Lipinski definition) is 1. The zero-order valence-electron chi connectivity index (χ0n) is 13.7. The molecule has 5 heteroatoms. The van der Waals surface area contributed by atoms with Crippen molar-refractivity contribution >= 4 is 16.7 Å². The van der Waals surface area contributed by atoms with Gasteiger partial charge in [0.05, 0.1) is 17.3 Å². The van der Waals surface area contributed by atoms with Crippen molar-refractivity contribution in [3.63, 3.8) is 0 Å². The number of pyridine rings is 1. The molecule has 1 N–H and O–H groups in total. The summed E-state index contributed by atoms with van der Waals surface area (Å²) in [6.45, 7) is 4.07. The number of fused-ring (bicyclic) bond motifs is 1. The quantitative estimate of drug-likeness (QED) is 0.789. The molecule has 3 aromatic rings. The zero-order chi connectivity index (χ0) is 16.5. The average Bonchev–Trinajstić information content (AvgIpc) is 3.05. The molecule has 1 aromatic carbocycles. The predicted octanol–water partition coefficient (Wildman–Crippen LogP) is 2.85. The number of H-pyrrole nitrogens is 1. The van der Waals surface area contributed by atoms with Gasteiger partial charge in [-0.3, -0.25) is 0 Å². The molecule has 2 aromatic heterocycles. The number of anilines is 1. The highest BCUT2D eigenvalue weighted by atomic mass is 15.3. The molecule has 4 rings (SSSR count). The number of nitriles is 1. The van der Waals surface area contributed by atoms with Gasteiger partial charge in [0.1, 0.15) is 5.82 Å². The maximum atomic E-state index is 9.07. The highest BCUT2D eigenvalue weighted by Crippen LogP contribution is 2.31. The van der Waals surface area contributed by atoms with Gasteiger partial charge in [0, 0.05) is 48.8 Å². The molecule has 1 aliphatic rings. The third kappa shape index (κ3) is 2.61. The minimum absolute atomic E-state index is 0.668. The summed E-state index contributed by atoms with van der Waals surface area (Å²) in [5.41, 5.74) is 3.80. The lowest BCUT2D eigenvalue weighted by Gasteiger charge is -2.34. The molecule has 0 spiro atoms. The second-order valence-corrected chi connectivity index (χ2v) is 6.26. The summed E-state index contributed by atoms with van der Waals surface area (Å²) in [4.78, 5) is 12.8. The second-order valence-electron chi connectivity index (χ2n) is 6.26. The summed E-state index contributed by atoms with van der Waals surface area (Å²) in [5, 5.41) is 10.2. The smallest absolute Gasteiger partial charge is 0.137 e. The molecule has 0 unspecified atom stereocenters. The van der Waals surface area contributed by atoms with Gasteiger partial charge in [-0.2, -0.15) is 5.26 Å². The Labute approximate surface area is 141 Å². The van der Waals surface area contributed by atoms with Crippen LogP contribution in [0.15, 0.2) is 42.6 Å². The maximum absolute atomic E-state index is 9.07. The summed E-state index contributed by atoms with van der Waals surface area (Å²) in [6, 6.07) is 14.1. The number of piperazine rings is 1. The van der Waals surface area contributed by atoms with Crippen LogP contribution in [0.1, 0.15) is 5.56 Å². The Balaban J connectivity index is 1.75. The van der Waals surface area contributed by atoms with Crippen molar-refractivity contribution in [2.75, 3.05) is 38.1 Å². The van der Waals surface area contributed by atoms with Crippen molar-refractivity contribution in [1.82, 2.24) is 14.9 Å². The molecule has 1 fully saturated rings. The monoisotopic (exact) mass is 317 g/mol. The number of benzene rings is 1. The van der Waals surface area contributed by atoms with Crippen molar-refractivity contribution in [3.05, 3.63) is 48.2 Å². The van der Waals surface area contributed by atoms with Crippen LogP contribution in [0.25, 0.3) is 22.2 Å². The number of nitrogens with zero attached hydrogens (tertiary/aromatic N) is 4. The summed E-state index contributed by atoms with van der Waals surface area (Å²) >= 11 is 0. The fourth-order valence-electron chi connectivity index (χ4n) is 3.22. The molecule has 0 radical (unpaired) electrons. The minimum Gasteiger partial charge on any atom is -0.354 e. The molecule has 24 heavy (non-hydrogen) atoms. The first-order chi connectivity index (χ1) is 11.7. The summed E-state index contributed by atoms with van der Waals surface area (Å²) in [6.07, 6.45) is 1.85. The molecule has 5 nitrogen and oxygen atoms in total. The topological polar surface area (TPSA) is 58.9 Å². The van der Waals surface area contributed by atoms with Crippen LogP contribution in [-0.4, -0.2) is 48.1 Å². The van der Waals surface area contributed by atoms with Crippen LogP contribution in [0.3, 0.4) is 0 Å². The normalized spacial score (nSPS) is 15.6. The lowest BCUT2D eigenvalue weighted by atomic mass is 10.1. The van der Waals surface area contributed by atoms with Gasteiger partial charge in [-0.05, 0) is 37.4 Å². The lowest BCUT2D eigenvalue weighted by Crippen LogP contribution is -2.45. The standard InChI is InChI=1S/C19H19N5/c1-23-7-9-24(10-8-23)19-16(3-2-6-21-19)18-12-15-5-4-14(13-20)11-17(15)22-18/h2-6,11-12,22H,7-10H2,1H3. The molecule has 0 saturated carbocycles. The van der Waals surface area contributed by atoms with E-state index in [0.29, 0.717) is 5.56 Å². The van der Waals surface area contributed by atoms with Gasteiger partial charge in [-0.25, -0.2) is 4.98 Å². The van der Waals surface area contributed by atoms with Gasteiger partial charge in [-0.1, -0.05) is 6.07 Å². The van der Waals surface area contributed by atoms with Crippen LogP contribution in [0.4, 0.5) is 5.82 Å². The molecule has 0 bridgehead atoms. The van der Waals surface area contributed by atoms with Crippen LogP contribution >= 0.6 is 0 Å². The largest absolute Gasteiger partial charge is 0.354 e. The summed E-state index contributed by atoms with van der Waals surface area (Å²) < 4.78 is 0. The SMILES string of the molecule is CN1CCN(c2ncccc2-c2cc3ccc(C#N)cc3[nH]2)CC1. The number of nitrogens with one attached hydrogen (secondary N) is 1. The van der Waals surface area contributed by atoms with E-state index in [2.05, 4.69) is 45.0 Å². The first-order valence-corrected chi connectivity index (χ1v) is 8.16. The van der Waals surface area contributed by atoms with Crippen LogP contribution in [0, 0.1) is 11.3 Å². The minimum atomic E-state index is 0.668. The van der Waals surface area contributed by atoms with Crippen molar-refractivity contribution in [2.45, 2.75) is 0 Å². The Morgan fingerprint density at radius 3 is 2.75 bits per heavy atom. The van der Waals surface area contributed by atoms with Gasteiger partial charge in [0.15, 0.2) is 0 Å². The Morgan fingerprint density at radius 1 is 1.12 bits per heavy atom. The molecular formula is C19H19N5. The Bertz CT molecular complexity index is 913. The van der Waals surface area contributed by atoms with E-state index in [4.69, 9.17) is 5.26 Å². The van der Waals surface area contributed by atoms with Crippen LogP contribution in [-0.2, 0) is 0 Å². The second kappa shape index (κ2) is 5.99. The number of rotatable bonds is 2. The van der Waals surface area contributed by atoms with E-state index in [9.17, 15) is 0 Å². The molecule has 1 aliphatic heterocycles. The zero-order valence-corrected chi connectivity index (χ0v) is 13.7. The van der Waals surface area contributed by atoms with Gasteiger partial charge in [-0.15, -0.1) is 0 Å². The molecular weight excluding hydrogens is 298 g/mol. The van der Waals surface area contributed by atoms with Gasteiger partial charge in [0.2, 0.25) is 0 Å². The highest BCUT2D eigenvalue weighted by molar-refractivity contribution is 5.89. The third-order valence-electron chi connectivity index (χ3n) is 4.63. The van der Waals surface area contributed by atoms with E-state index >= 15 is 0 Å². The Morgan fingerprint density at radius 2 is 1.96 bits per heavy atom. The molecule has 0 atom stereocenters. The first-order valence-electron chi connectivity index (χ1n) is 8.16. The average molecular weight is 317 g/mol. The predicted molar refractivity (Wildman–Crippen MR) is 96.0 cm³/mol. The van der Waals surface area contributed by atoms with Crippen molar-refractivity contribution in [3.8, 4) is 17.3 Å². The molecule has 0 amide bonds. The van der Waals surface area contributed by atoms with Crippen LogP contribution < -0.4 is 4.90 Å². The summed E-state index contributed by atoms with van der Waals surface area (Å²) in [5.74, 6) is 1.03. The van der Waals surface area contributed by atoms with Gasteiger partial charge in [0.25, 0.3) is 0 Å². The fourth-order valence-corrected chi connectivity index (χ4v) is 3.22. The highest BCUT2D eigenvalue weighted by Gasteiger charge is 2.19. The van der Waals surface area contributed by atoms with E-state index in [-0.39, 0.29) is 0 Å².